The molecule has 0 radical (unpaired) electrons. The van der Waals surface area contributed by atoms with Gasteiger partial charge in [0.2, 0.25) is 0 Å². The Labute approximate surface area is 329 Å². The summed E-state index contributed by atoms with van der Waals surface area (Å²) < 4.78 is 0. The first kappa shape index (κ1) is 33.6. The number of hydrogen-bond acceptors (Lipinski definition) is 1. The Kier molecular flexibility index (Phi) is 8.23. The maximum Gasteiger partial charge on any atom is 0.0543 e. The van der Waals surface area contributed by atoms with E-state index in [2.05, 4.69) is 231 Å². The van der Waals surface area contributed by atoms with Gasteiger partial charge in [0.05, 0.1) is 5.69 Å². The van der Waals surface area contributed by atoms with Gasteiger partial charge in [0.1, 0.15) is 0 Å². The molecule has 0 saturated carbocycles. The Balaban J connectivity index is 1.05. The quantitative estimate of drug-likeness (QED) is 0.159. The zero-order valence-electron chi connectivity index (χ0n) is 31.7. The van der Waals surface area contributed by atoms with Gasteiger partial charge in [-0.15, -0.1) is 0 Å². The highest BCUT2D eigenvalue weighted by atomic mass is 15.1. The van der Waals surface area contributed by atoms with Crippen molar-refractivity contribution in [1.29, 1.82) is 0 Å². The van der Waals surface area contributed by atoms with Crippen LogP contribution in [0.15, 0.2) is 212 Å². The molecule has 0 bridgehead atoms. The molecule has 1 aliphatic rings. The predicted octanol–water partition coefficient (Wildman–Crippen LogP) is 15.3. The van der Waals surface area contributed by atoms with Crippen molar-refractivity contribution in [3.63, 3.8) is 0 Å². The lowest BCUT2D eigenvalue weighted by molar-refractivity contribution is 0.660. The smallest absolute Gasteiger partial charge is 0.0543 e. The zero-order chi connectivity index (χ0) is 37.6. The van der Waals surface area contributed by atoms with Gasteiger partial charge in [0.15, 0.2) is 0 Å². The minimum Gasteiger partial charge on any atom is -0.310 e. The van der Waals surface area contributed by atoms with E-state index in [0.29, 0.717) is 0 Å². The van der Waals surface area contributed by atoms with E-state index in [9.17, 15) is 0 Å². The maximum absolute atomic E-state index is 2.45. The minimum atomic E-state index is -0.0992. The molecule has 0 saturated heterocycles. The summed E-state index contributed by atoms with van der Waals surface area (Å²) in [5, 5.41) is 2.54. The summed E-state index contributed by atoms with van der Waals surface area (Å²) in [6, 6.07) is 77.5. The second kappa shape index (κ2) is 13.7. The molecule has 266 valence electrons. The summed E-state index contributed by atoms with van der Waals surface area (Å²) in [7, 11) is 0. The summed E-state index contributed by atoms with van der Waals surface area (Å²) >= 11 is 0. The highest BCUT2D eigenvalue weighted by Gasteiger charge is 2.37. The molecule has 0 amide bonds. The van der Waals surface area contributed by atoms with E-state index in [1.165, 1.54) is 83.2 Å². The van der Waals surface area contributed by atoms with E-state index < -0.39 is 0 Å². The Hall–Kier alpha value is -6.96. The lowest BCUT2D eigenvalue weighted by atomic mass is 9.82. The molecule has 0 aromatic heterocycles. The van der Waals surface area contributed by atoms with Crippen molar-refractivity contribution in [1.82, 2.24) is 0 Å². The molecule has 1 nitrogen and oxygen atoms in total. The summed E-state index contributed by atoms with van der Waals surface area (Å²) in [6.45, 7) is 4.71. The topological polar surface area (TPSA) is 3.24 Å². The molecule has 0 spiro atoms. The van der Waals surface area contributed by atoms with Gasteiger partial charge >= 0.3 is 0 Å². The van der Waals surface area contributed by atoms with Crippen LogP contribution < -0.4 is 4.90 Å². The van der Waals surface area contributed by atoms with Crippen LogP contribution >= 0.6 is 0 Å². The summed E-state index contributed by atoms with van der Waals surface area (Å²) in [5.41, 5.74) is 18.4. The molecule has 0 fully saturated rings. The average molecular weight is 716 g/mol. The molecule has 0 N–H and O–H groups in total. The molecule has 9 aromatic carbocycles. The average Bonchev–Trinajstić information content (AvgIpc) is 3.50. The van der Waals surface area contributed by atoms with Gasteiger partial charge in [-0.05, 0) is 102 Å². The molecule has 56 heavy (non-hydrogen) atoms. The van der Waals surface area contributed by atoms with Crippen LogP contribution in [0.25, 0.3) is 66.4 Å². The van der Waals surface area contributed by atoms with Gasteiger partial charge in [-0.1, -0.05) is 196 Å². The van der Waals surface area contributed by atoms with Crippen LogP contribution in [0.2, 0.25) is 0 Å². The summed E-state index contributed by atoms with van der Waals surface area (Å²) in [5.74, 6) is 0. The fourth-order valence-electron chi connectivity index (χ4n) is 8.78. The van der Waals surface area contributed by atoms with Crippen molar-refractivity contribution in [3.05, 3.63) is 223 Å². The van der Waals surface area contributed by atoms with E-state index in [0.717, 1.165) is 11.4 Å². The van der Waals surface area contributed by atoms with Crippen LogP contribution in [0, 0.1) is 0 Å². The van der Waals surface area contributed by atoms with Crippen molar-refractivity contribution in [3.8, 4) is 55.6 Å². The Bertz CT molecular complexity index is 2840. The van der Waals surface area contributed by atoms with E-state index >= 15 is 0 Å². The van der Waals surface area contributed by atoms with Gasteiger partial charge in [0.25, 0.3) is 0 Å². The van der Waals surface area contributed by atoms with E-state index in [-0.39, 0.29) is 5.41 Å². The molecule has 1 heteroatoms. The largest absolute Gasteiger partial charge is 0.310 e. The molecule has 0 atom stereocenters. The second-order valence-corrected chi connectivity index (χ2v) is 15.4. The third kappa shape index (κ3) is 5.81. The van der Waals surface area contributed by atoms with Crippen molar-refractivity contribution in [2.45, 2.75) is 19.3 Å². The molecule has 9 aromatic rings. The second-order valence-electron chi connectivity index (χ2n) is 15.4. The minimum absolute atomic E-state index is 0.0992. The Morgan fingerprint density at radius 3 is 1.59 bits per heavy atom. The lowest BCUT2D eigenvalue weighted by Gasteiger charge is -2.29. The van der Waals surface area contributed by atoms with E-state index in [1.807, 2.05) is 0 Å². The third-order valence-electron chi connectivity index (χ3n) is 11.7. The molecule has 0 heterocycles. The van der Waals surface area contributed by atoms with E-state index in [1.54, 1.807) is 0 Å². The molecule has 10 rings (SSSR count). The predicted molar refractivity (Wildman–Crippen MR) is 238 cm³/mol. The molecular formula is C55H41N. The first-order valence-electron chi connectivity index (χ1n) is 19.5. The molecule has 0 unspecified atom stereocenters. The van der Waals surface area contributed by atoms with E-state index in [4.69, 9.17) is 0 Å². The van der Waals surface area contributed by atoms with Crippen LogP contribution in [0.5, 0.6) is 0 Å². The SMILES string of the molecule is CC1(C)c2ccccc2-c2c(N(c3ccc(-c4ccc(-c5cccc6ccccc56)cc4)cc3)c3cccc(-c4ccc(-c5ccccc5)cc4)c3)cccc21. The van der Waals surface area contributed by atoms with Crippen LogP contribution in [0.4, 0.5) is 17.1 Å². The van der Waals surface area contributed by atoms with Gasteiger partial charge in [-0.3, -0.25) is 0 Å². The van der Waals surface area contributed by atoms with Crippen LogP contribution in [0.3, 0.4) is 0 Å². The molecule has 0 aliphatic heterocycles. The normalized spacial score (nSPS) is 12.6. The summed E-state index contributed by atoms with van der Waals surface area (Å²) in [6.07, 6.45) is 0. The highest BCUT2D eigenvalue weighted by Crippen LogP contribution is 2.54. The standard InChI is InChI=1S/C55H41N/c1-55(2)51-22-9-8-20-50(51)54-52(55)23-12-24-53(54)56(47-18-10-17-45(37-47)42-27-25-39(26-28-42)38-13-4-3-5-14-38)46-35-33-41(34-36-46)40-29-31-44(32-30-40)49-21-11-16-43-15-6-7-19-48(43)49/h3-37H,1-2H3. The van der Waals surface area contributed by atoms with Crippen LogP contribution in [0.1, 0.15) is 25.0 Å². The van der Waals surface area contributed by atoms with Crippen molar-refractivity contribution in [2.75, 3.05) is 4.90 Å². The fourth-order valence-corrected chi connectivity index (χ4v) is 8.78. The first-order chi connectivity index (χ1) is 27.5. The third-order valence-corrected chi connectivity index (χ3v) is 11.7. The van der Waals surface area contributed by atoms with Crippen LogP contribution in [-0.2, 0) is 5.41 Å². The zero-order valence-corrected chi connectivity index (χ0v) is 31.7. The lowest BCUT2D eigenvalue weighted by Crippen LogP contribution is -2.16. The maximum atomic E-state index is 2.45. The Morgan fingerprint density at radius 2 is 0.839 bits per heavy atom. The number of rotatable bonds is 7. The number of anilines is 3. The summed E-state index contributed by atoms with van der Waals surface area (Å²) in [4.78, 5) is 2.45. The van der Waals surface area contributed by atoms with Gasteiger partial charge in [-0.2, -0.15) is 0 Å². The highest BCUT2D eigenvalue weighted by molar-refractivity contribution is 5.98. The molecule has 1 aliphatic carbocycles. The van der Waals surface area contributed by atoms with Crippen molar-refractivity contribution < 1.29 is 0 Å². The molecular weight excluding hydrogens is 675 g/mol. The van der Waals surface area contributed by atoms with Gasteiger partial charge < -0.3 is 4.90 Å². The van der Waals surface area contributed by atoms with Gasteiger partial charge in [-0.25, -0.2) is 0 Å². The van der Waals surface area contributed by atoms with Gasteiger partial charge in [0, 0.05) is 22.4 Å². The first-order valence-corrected chi connectivity index (χ1v) is 19.5. The Morgan fingerprint density at radius 1 is 0.339 bits per heavy atom. The number of benzene rings is 9. The number of nitrogens with zero attached hydrogens (tertiary/aromatic N) is 1. The van der Waals surface area contributed by atoms with Crippen molar-refractivity contribution >= 4 is 27.8 Å². The van der Waals surface area contributed by atoms with Crippen LogP contribution in [-0.4, -0.2) is 0 Å². The monoisotopic (exact) mass is 715 g/mol. The number of hydrogen-bond donors (Lipinski definition) is 0. The number of fused-ring (bicyclic) bond motifs is 4. The van der Waals surface area contributed by atoms with Crippen molar-refractivity contribution in [2.24, 2.45) is 0 Å². The fraction of sp³-hybridized carbons (Fsp3) is 0.0545.